The number of nitrogens with zero attached hydrogens (tertiary/aromatic N) is 1. The maximum absolute atomic E-state index is 10.8. The summed E-state index contributed by atoms with van der Waals surface area (Å²) < 4.78 is 0. The Morgan fingerprint density at radius 3 is 2.67 bits per heavy atom. The monoisotopic (exact) mass is 245 g/mol. The highest BCUT2D eigenvalue weighted by atomic mass is 16.3. The molecule has 2 aliphatic rings. The molecule has 2 nitrogen and oxygen atoms in total. The molecule has 1 N–H and O–H groups in total. The molecular formula is C16H23NO. The van der Waals surface area contributed by atoms with Gasteiger partial charge in [-0.3, -0.25) is 0 Å². The molecule has 0 spiro atoms. The quantitative estimate of drug-likeness (QED) is 0.883. The summed E-state index contributed by atoms with van der Waals surface area (Å²) in [6.45, 7) is 1.01. The highest BCUT2D eigenvalue weighted by Crippen LogP contribution is 2.58. The summed E-state index contributed by atoms with van der Waals surface area (Å²) in [5, 5.41) is 10.8. The van der Waals surface area contributed by atoms with Crippen molar-refractivity contribution in [1.82, 2.24) is 4.90 Å². The van der Waals surface area contributed by atoms with Gasteiger partial charge in [0.15, 0.2) is 0 Å². The van der Waals surface area contributed by atoms with Crippen molar-refractivity contribution < 1.29 is 5.11 Å². The molecule has 2 aliphatic carbocycles. The van der Waals surface area contributed by atoms with Gasteiger partial charge in [-0.15, -0.1) is 0 Å². The van der Waals surface area contributed by atoms with E-state index in [4.69, 9.17) is 0 Å². The maximum Gasteiger partial charge on any atom is 0.0679 e. The summed E-state index contributed by atoms with van der Waals surface area (Å²) in [6, 6.07) is 10.7. The van der Waals surface area contributed by atoms with Crippen LogP contribution in [0, 0.1) is 11.8 Å². The first-order valence-corrected chi connectivity index (χ1v) is 7.02. The molecule has 0 aromatic heterocycles. The molecule has 2 bridgehead atoms. The van der Waals surface area contributed by atoms with Crippen LogP contribution >= 0.6 is 0 Å². The molecule has 0 aliphatic heterocycles. The van der Waals surface area contributed by atoms with Gasteiger partial charge in [-0.05, 0) is 44.8 Å². The lowest BCUT2D eigenvalue weighted by Gasteiger charge is -2.37. The van der Waals surface area contributed by atoms with Crippen LogP contribution in [-0.2, 0) is 5.41 Å². The fraction of sp³-hybridized carbons (Fsp3) is 0.625. The zero-order chi connectivity index (χ0) is 12.8. The zero-order valence-electron chi connectivity index (χ0n) is 11.3. The second-order valence-corrected chi connectivity index (χ2v) is 6.40. The van der Waals surface area contributed by atoms with Crippen LogP contribution in [0.4, 0.5) is 0 Å². The number of fused-ring (bicyclic) bond motifs is 2. The van der Waals surface area contributed by atoms with Gasteiger partial charge in [0.05, 0.1) is 6.10 Å². The second-order valence-electron chi connectivity index (χ2n) is 6.40. The molecular weight excluding hydrogens is 222 g/mol. The largest absolute Gasteiger partial charge is 0.392 e. The lowest BCUT2D eigenvalue weighted by molar-refractivity contribution is 0.0288. The van der Waals surface area contributed by atoms with E-state index in [9.17, 15) is 5.11 Å². The van der Waals surface area contributed by atoms with E-state index in [1.807, 2.05) is 0 Å². The number of hydrogen-bond donors (Lipinski definition) is 1. The maximum atomic E-state index is 10.8. The van der Waals surface area contributed by atoms with E-state index in [0.29, 0.717) is 11.8 Å². The number of aliphatic hydroxyl groups is 1. The van der Waals surface area contributed by atoms with Crippen LogP contribution in [0.5, 0.6) is 0 Å². The first kappa shape index (κ1) is 12.2. The van der Waals surface area contributed by atoms with Crippen LogP contribution in [0.1, 0.15) is 24.8 Å². The minimum Gasteiger partial charge on any atom is -0.392 e. The Morgan fingerprint density at radius 1 is 1.28 bits per heavy atom. The van der Waals surface area contributed by atoms with E-state index in [2.05, 4.69) is 49.3 Å². The van der Waals surface area contributed by atoms with Gasteiger partial charge in [-0.2, -0.15) is 0 Å². The Labute approximate surface area is 110 Å². The first-order valence-electron chi connectivity index (χ1n) is 7.02. The number of hydrogen-bond acceptors (Lipinski definition) is 2. The summed E-state index contributed by atoms with van der Waals surface area (Å²) in [5.74, 6) is 1.16. The van der Waals surface area contributed by atoms with Crippen molar-refractivity contribution in [2.45, 2.75) is 30.8 Å². The Kier molecular flexibility index (Phi) is 2.95. The first-order chi connectivity index (χ1) is 8.63. The molecule has 0 radical (unpaired) electrons. The standard InChI is InChI=1S/C16H23NO/c1-17(2)11-14-12-8-9-16(10-12,15(14)18)13-6-4-3-5-7-13/h3-7,12,14-15,18H,8-11H2,1-2H3/t12?,14-,15-,16?/m0/s1. The summed E-state index contributed by atoms with van der Waals surface area (Å²) in [4.78, 5) is 2.22. The molecule has 2 heteroatoms. The second kappa shape index (κ2) is 4.36. The summed E-state index contributed by atoms with van der Waals surface area (Å²) in [7, 11) is 4.21. The summed E-state index contributed by atoms with van der Waals surface area (Å²) in [5.41, 5.74) is 1.40. The molecule has 0 heterocycles. The van der Waals surface area contributed by atoms with E-state index >= 15 is 0 Å². The van der Waals surface area contributed by atoms with E-state index in [1.165, 1.54) is 18.4 Å². The van der Waals surface area contributed by atoms with Gasteiger partial charge in [0, 0.05) is 17.9 Å². The van der Waals surface area contributed by atoms with E-state index in [-0.39, 0.29) is 11.5 Å². The van der Waals surface area contributed by atoms with Crippen molar-refractivity contribution in [2.24, 2.45) is 11.8 Å². The van der Waals surface area contributed by atoms with E-state index < -0.39 is 0 Å². The number of benzene rings is 1. The van der Waals surface area contributed by atoms with E-state index in [1.54, 1.807) is 0 Å². The van der Waals surface area contributed by atoms with Crippen molar-refractivity contribution in [3.63, 3.8) is 0 Å². The van der Waals surface area contributed by atoms with Gasteiger partial charge in [-0.25, -0.2) is 0 Å². The van der Waals surface area contributed by atoms with E-state index in [0.717, 1.165) is 13.0 Å². The minimum absolute atomic E-state index is 0.0482. The molecule has 2 saturated carbocycles. The molecule has 98 valence electrons. The van der Waals surface area contributed by atoms with Crippen molar-refractivity contribution in [2.75, 3.05) is 20.6 Å². The molecule has 0 amide bonds. The average Bonchev–Trinajstić information content (AvgIpc) is 2.91. The van der Waals surface area contributed by atoms with Crippen LogP contribution < -0.4 is 0 Å². The molecule has 2 unspecified atom stereocenters. The minimum atomic E-state index is -0.166. The average molecular weight is 245 g/mol. The Morgan fingerprint density at radius 2 is 2.00 bits per heavy atom. The molecule has 1 aromatic carbocycles. The van der Waals surface area contributed by atoms with Crippen molar-refractivity contribution >= 4 is 0 Å². The molecule has 2 fully saturated rings. The summed E-state index contributed by atoms with van der Waals surface area (Å²) >= 11 is 0. The highest BCUT2D eigenvalue weighted by Gasteiger charge is 2.57. The molecule has 0 saturated heterocycles. The van der Waals surface area contributed by atoms with Crippen molar-refractivity contribution in [3.8, 4) is 0 Å². The van der Waals surface area contributed by atoms with Crippen molar-refractivity contribution in [3.05, 3.63) is 35.9 Å². The van der Waals surface area contributed by atoms with Crippen LogP contribution in [0.3, 0.4) is 0 Å². The molecule has 1 aromatic rings. The Hall–Kier alpha value is -0.860. The van der Waals surface area contributed by atoms with Gasteiger partial charge in [0.1, 0.15) is 0 Å². The Balaban J connectivity index is 1.90. The zero-order valence-corrected chi connectivity index (χ0v) is 11.3. The van der Waals surface area contributed by atoms with Gasteiger partial charge < -0.3 is 10.0 Å². The van der Waals surface area contributed by atoms with Gasteiger partial charge in [-0.1, -0.05) is 30.3 Å². The smallest absolute Gasteiger partial charge is 0.0679 e. The highest BCUT2D eigenvalue weighted by molar-refractivity contribution is 5.32. The normalized spacial score (nSPS) is 38.6. The van der Waals surface area contributed by atoms with Gasteiger partial charge >= 0.3 is 0 Å². The topological polar surface area (TPSA) is 23.5 Å². The fourth-order valence-corrected chi connectivity index (χ4v) is 4.29. The molecule has 3 rings (SSSR count). The third kappa shape index (κ3) is 1.70. The van der Waals surface area contributed by atoms with Gasteiger partial charge in [0.25, 0.3) is 0 Å². The van der Waals surface area contributed by atoms with Crippen LogP contribution in [0.25, 0.3) is 0 Å². The van der Waals surface area contributed by atoms with Crippen molar-refractivity contribution in [1.29, 1.82) is 0 Å². The Bertz CT molecular complexity index is 416. The fourth-order valence-electron chi connectivity index (χ4n) is 4.29. The van der Waals surface area contributed by atoms with Crippen LogP contribution in [0.15, 0.2) is 30.3 Å². The lowest BCUT2D eigenvalue weighted by atomic mass is 9.72. The number of aliphatic hydroxyl groups excluding tert-OH is 1. The number of rotatable bonds is 3. The third-order valence-electron chi connectivity index (χ3n) is 5.09. The molecule has 18 heavy (non-hydrogen) atoms. The predicted octanol–water partition coefficient (Wildman–Crippen LogP) is 2.28. The molecule has 4 atom stereocenters. The summed E-state index contributed by atoms with van der Waals surface area (Å²) in [6.07, 6.45) is 3.45. The van der Waals surface area contributed by atoms with Crippen LogP contribution in [0.2, 0.25) is 0 Å². The van der Waals surface area contributed by atoms with Gasteiger partial charge in [0.2, 0.25) is 0 Å². The SMILES string of the molecule is CN(C)C[C@H]1C2CCC(c3ccccc3)(C2)[C@H]1O. The van der Waals surface area contributed by atoms with Crippen LogP contribution in [-0.4, -0.2) is 36.8 Å². The predicted molar refractivity (Wildman–Crippen MR) is 73.5 cm³/mol. The lowest BCUT2D eigenvalue weighted by Crippen LogP contribution is -2.43. The third-order valence-corrected chi connectivity index (χ3v) is 5.09.